The molecule has 0 unspecified atom stereocenters. The summed E-state index contributed by atoms with van der Waals surface area (Å²) in [5, 5.41) is 1.19. The maximum atomic E-state index is 12.4. The summed E-state index contributed by atoms with van der Waals surface area (Å²) in [6.45, 7) is 3.81. The maximum Gasteiger partial charge on any atom is 0.281 e. The lowest BCUT2D eigenvalue weighted by Gasteiger charge is -2.17. The molecule has 0 saturated carbocycles. The second-order valence-electron chi connectivity index (χ2n) is 6.01. The van der Waals surface area contributed by atoms with Gasteiger partial charge in [-0.2, -0.15) is 0 Å². The predicted molar refractivity (Wildman–Crippen MR) is 108 cm³/mol. The van der Waals surface area contributed by atoms with Gasteiger partial charge in [-0.15, -0.1) is 11.3 Å². The van der Waals surface area contributed by atoms with Crippen molar-refractivity contribution in [1.29, 1.82) is 0 Å². The van der Waals surface area contributed by atoms with Crippen LogP contribution in [0.15, 0.2) is 48.5 Å². The number of amides is 2. The van der Waals surface area contributed by atoms with Crippen LogP contribution in [0.25, 0.3) is 10.1 Å². The minimum atomic E-state index is -0.717. The van der Waals surface area contributed by atoms with Gasteiger partial charge >= 0.3 is 0 Å². The molecule has 1 heterocycles. The highest BCUT2D eigenvalue weighted by atomic mass is 35.5. The molecule has 7 heteroatoms. The number of rotatable bonds is 5. The molecule has 0 aliphatic rings. The highest BCUT2D eigenvalue weighted by molar-refractivity contribution is 7.21. The summed E-state index contributed by atoms with van der Waals surface area (Å²) in [5.41, 5.74) is 5.94. The van der Waals surface area contributed by atoms with Gasteiger partial charge in [-0.1, -0.05) is 54.4 Å². The van der Waals surface area contributed by atoms with E-state index < -0.39 is 17.9 Å². The molecule has 0 aliphatic heterocycles. The smallest absolute Gasteiger partial charge is 0.281 e. The van der Waals surface area contributed by atoms with Crippen LogP contribution in [0, 0.1) is 6.92 Å². The van der Waals surface area contributed by atoms with Crippen molar-refractivity contribution < 1.29 is 14.3 Å². The zero-order valence-corrected chi connectivity index (χ0v) is 16.5. The third-order valence-electron chi connectivity index (χ3n) is 4.00. The van der Waals surface area contributed by atoms with Crippen molar-refractivity contribution in [1.82, 2.24) is 10.9 Å². The van der Waals surface area contributed by atoms with Gasteiger partial charge in [0.25, 0.3) is 11.8 Å². The van der Waals surface area contributed by atoms with Crippen molar-refractivity contribution in [2.75, 3.05) is 0 Å². The lowest BCUT2D eigenvalue weighted by Crippen LogP contribution is -2.47. The van der Waals surface area contributed by atoms with Crippen LogP contribution in [0.5, 0.6) is 5.75 Å². The minimum absolute atomic E-state index is 0.352. The summed E-state index contributed by atoms with van der Waals surface area (Å²) in [6.07, 6.45) is -0.259. The number of hydrazine groups is 1. The second-order valence-corrected chi connectivity index (χ2v) is 7.44. The number of carbonyl (C=O) groups excluding carboxylic acids is 2. The summed E-state index contributed by atoms with van der Waals surface area (Å²) in [6, 6.07) is 14.9. The van der Waals surface area contributed by atoms with E-state index in [1.54, 1.807) is 12.1 Å². The van der Waals surface area contributed by atoms with Gasteiger partial charge in [0.15, 0.2) is 6.10 Å². The van der Waals surface area contributed by atoms with E-state index in [9.17, 15) is 9.59 Å². The Bertz CT molecular complexity index is 969. The number of benzene rings is 2. The second kappa shape index (κ2) is 8.41. The number of aryl methyl sites for hydroxylation is 1. The fourth-order valence-electron chi connectivity index (χ4n) is 2.52. The molecular weight excluding hydrogens is 384 g/mol. The molecule has 3 rings (SSSR count). The van der Waals surface area contributed by atoms with Gasteiger partial charge in [0, 0.05) is 10.1 Å². The van der Waals surface area contributed by atoms with Crippen LogP contribution >= 0.6 is 22.9 Å². The van der Waals surface area contributed by atoms with Crippen LogP contribution < -0.4 is 15.6 Å². The standard InChI is InChI=1S/C20H19ClN2O3S/c1-3-15(26-13-10-8-12(2)9-11-13)19(24)22-23-20(25)18-17(21)14-6-4-5-7-16(14)27-18/h4-11,15H,3H2,1-2H3,(H,22,24)(H,23,25)/t15-/m1/s1. The number of hydrogen-bond donors (Lipinski definition) is 2. The average molecular weight is 403 g/mol. The first-order chi connectivity index (χ1) is 13.0. The molecule has 0 radical (unpaired) electrons. The van der Waals surface area contributed by atoms with E-state index in [1.165, 1.54) is 11.3 Å². The lowest BCUT2D eigenvalue weighted by atomic mass is 10.2. The molecule has 2 N–H and O–H groups in total. The van der Waals surface area contributed by atoms with Crippen LogP contribution in [-0.2, 0) is 4.79 Å². The molecule has 3 aromatic rings. The van der Waals surface area contributed by atoms with E-state index in [0.717, 1.165) is 15.6 Å². The van der Waals surface area contributed by atoms with E-state index in [2.05, 4.69) is 10.9 Å². The average Bonchev–Trinajstić information content (AvgIpc) is 3.02. The van der Waals surface area contributed by atoms with Crippen LogP contribution in [-0.4, -0.2) is 17.9 Å². The first kappa shape index (κ1) is 19.2. The Morgan fingerprint density at radius 3 is 2.48 bits per heavy atom. The van der Waals surface area contributed by atoms with E-state index in [4.69, 9.17) is 16.3 Å². The van der Waals surface area contributed by atoms with Crippen LogP contribution in [0.1, 0.15) is 28.6 Å². The molecule has 1 atom stereocenters. The monoisotopic (exact) mass is 402 g/mol. The van der Waals surface area contributed by atoms with Gasteiger partial charge < -0.3 is 4.74 Å². The number of nitrogens with one attached hydrogen (secondary N) is 2. The Balaban J connectivity index is 1.63. The summed E-state index contributed by atoms with van der Waals surface area (Å²) >= 11 is 7.56. The summed E-state index contributed by atoms with van der Waals surface area (Å²) in [7, 11) is 0. The topological polar surface area (TPSA) is 67.4 Å². The fraction of sp³-hybridized carbons (Fsp3) is 0.200. The Kier molecular flexibility index (Phi) is 5.98. The highest BCUT2D eigenvalue weighted by Gasteiger charge is 2.21. The quantitative estimate of drug-likeness (QED) is 0.618. The van der Waals surface area contributed by atoms with Gasteiger partial charge in [-0.25, -0.2) is 0 Å². The van der Waals surface area contributed by atoms with E-state index in [1.807, 2.05) is 50.2 Å². The predicted octanol–water partition coefficient (Wildman–Crippen LogP) is 4.48. The number of halogens is 1. The Morgan fingerprint density at radius 1 is 1.11 bits per heavy atom. The molecule has 0 spiro atoms. The van der Waals surface area contributed by atoms with Gasteiger partial charge in [0.1, 0.15) is 10.6 Å². The third-order valence-corrected chi connectivity index (χ3v) is 5.68. The van der Waals surface area contributed by atoms with Crippen molar-refractivity contribution in [2.24, 2.45) is 0 Å². The zero-order chi connectivity index (χ0) is 19.4. The SMILES string of the molecule is CC[C@@H](Oc1ccc(C)cc1)C(=O)NNC(=O)c1sc2ccccc2c1Cl. The maximum absolute atomic E-state index is 12.4. The van der Waals surface area contributed by atoms with Crippen LogP contribution in [0.3, 0.4) is 0 Å². The summed E-state index contributed by atoms with van der Waals surface area (Å²) in [5.74, 6) is -0.287. The van der Waals surface area contributed by atoms with Crippen molar-refractivity contribution >= 4 is 44.8 Å². The Hall–Kier alpha value is -2.57. The molecule has 0 saturated heterocycles. The zero-order valence-electron chi connectivity index (χ0n) is 14.9. The number of hydrogen-bond acceptors (Lipinski definition) is 4. The fourth-order valence-corrected chi connectivity index (χ4v) is 3.93. The molecule has 1 aromatic heterocycles. The Morgan fingerprint density at radius 2 is 1.81 bits per heavy atom. The first-order valence-electron chi connectivity index (χ1n) is 8.50. The summed E-state index contributed by atoms with van der Waals surface area (Å²) < 4.78 is 6.61. The third kappa shape index (κ3) is 4.40. The van der Waals surface area contributed by atoms with E-state index in [0.29, 0.717) is 22.1 Å². The lowest BCUT2D eigenvalue weighted by molar-refractivity contribution is -0.128. The molecule has 0 bridgehead atoms. The number of fused-ring (bicyclic) bond motifs is 1. The normalized spacial score (nSPS) is 11.8. The molecular formula is C20H19ClN2O3S. The minimum Gasteiger partial charge on any atom is -0.481 e. The summed E-state index contributed by atoms with van der Waals surface area (Å²) in [4.78, 5) is 25.1. The van der Waals surface area contributed by atoms with Gasteiger partial charge in [0.2, 0.25) is 0 Å². The molecule has 2 amide bonds. The number of thiophene rings is 1. The molecule has 140 valence electrons. The number of ether oxygens (including phenoxy) is 1. The van der Waals surface area contributed by atoms with Crippen molar-refractivity contribution in [3.63, 3.8) is 0 Å². The number of carbonyl (C=O) groups is 2. The van der Waals surface area contributed by atoms with Gasteiger partial charge in [-0.05, 0) is 31.5 Å². The molecule has 27 heavy (non-hydrogen) atoms. The largest absolute Gasteiger partial charge is 0.481 e. The van der Waals surface area contributed by atoms with Gasteiger partial charge in [0.05, 0.1) is 5.02 Å². The van der Waals surface area contributed by atoms with Crippen LogP contribution in [0.4, 0.5) is 0 Å². The Labute approximate surface area is 166 Å². The highest BCUT2D eigenvalue weighted by Crippen LogP contribution is 2.34. The van der Waals surface area contributed by atoms with E-state index >= 15 is 0 Å². The van der Waals surface area contributed by atoms with Gasteiger partial charge in [-0.3, -0.25) is 20.4 Å². The van der Waals surface area contributed by atoms with Crippen LogP contribution in [0.2, 0.25) is 5.02 Å². The van der Waals surface area contributed by atoms with Crippen molar-refractivity contribution in [3.05, 3.63) is 64.0 Å². The van der Waals surface area contributed by atoms with Crippen molar-refractivity contribution in [3.8, 4) is 5.75 Å². The first-order valence-corrected chi connectivity index (χ1v) is 9.69. The van der Waals surface area contributed by atoms with E-state index in [-0.39, 0.29) is 0 Å². The van der Waals surface area contributed by atoms with Crippen molar-refractivity contribution in [2.45, 2.75) is 26.4 Å². The molecule has 0 aliphatic carbocycles. The molecule has 2 aromatic carbocycles. The molecule has 5 nitrogen and oxygen atoms in total. The molecule has 0 fully saturated rings.